The van der Waals surface area contributed by atoms with Gasteiger partial charge in [-0.15, -0.1) is 0 Å². The molecule has 0 aromatic heterocycles. The van der Waals surface area contributed by atoms with E-state index in [1.807, 2.05) is 0 Å². The molecule has 0 radical (unpaired) electrons. The second-order valence-electron chi connectivity index (χ2n) is 5.07. The number of carbonyl (C=O) groups is 2. The fraction of sp³-hybridized carbons (Fsp3) is 0.429. The summed E-state index contributed by atoms with van der Waals surface area (Å²) >= 11 is 5.92. The number of likely N-dealkylation sites (N-methyl/N-ethyl adjacent to an activating group) is 1. The summed E-state index contributed by atoms with van der Waals surface area (Å²) in [6, 6.07) is 3.72. The van der Waals surface area contributed by atoms with Gasteiger partial charge in [0.25, 0.3) is 5.91 Å². The molecule has 23 heavy (non-hydrogen) atoms. The SMILES string of the molecule is CCNC(=O)COC(=O)c1ccc(Cl)c(S(=O)(=O)NC2CC2)c1. The molecule has 2 N–H and O–H groups in total. The van der Waals surface area contributed by atoms with Gasteiger partial charge >= 0.3 is 5.97 Å². The summed E-state index contributed by atoms with van der Waals surface area (Å²) in [6.45, 7) is 1.73. The zero-order chi connectivity index (χ0) is 17.0. The third kappa shape index (κ3) is 4.92. The molecule has 0 aliphatic heterocycles. The van der Waals surface area contributed by atoms with Gasteiger partial charge in [-0.3, -0.25) is 4.79 Å². The van der Waals surface area contributed by atoms with E-state index in [9.17, 15) is 18.0 Å². The minimum Gasteiger partial charge on any atom is -0.452 e. The van der Waals surface area contributed by atoms with Crippen molar-refractivity contribution < 1.29 is 22.7 Å². The third-order valence-corrected chi connectivity index (χ3v) is 5.07. The Morgan fingerprint density at radius 3 is 2.65 bits per heavy atom. The number of amides is 1. The van der Waals surface area contributed by atoms with Crippen molar-refractivity contribution in [2.45, 2.75) is 30.7 Å². The van der Waals surface area contributed by atoms with Crippen LogP contribution in [0.2, 0.25) is 5.02 Å². The van der Waals surface area contributed by atoms with Gasteiger partial charge in [-0.2, -0.15) is 0 Å². The molecular weight excluding hydrogens is 344 g/mol. The minimum absolute atomic E-state index is 0.00914. The van der Waals surface area contributed by atoms with E-state index >= 15 is 0 Å². The number of esters is 1. The predicted molar refractivity (Wildman–Crippen MR) is 83.8 cm³/mol. The molecule has 0 atom stereocenters. The lowest BCUT2D eigenvalue weighted by atomic mass is 10.2. The van der Waals surface area contributed by atoms with Gasteiger partial charge in [-0.05, 0) is 38.0 Å². The van der Waals surface area contributed by atoms with Gasteiger partial charge in [0.05, 0.1) is 10.6 Å². The van der Waals surface area contributed by atoms with E-state index in [4.69, 9.17) is 16.3 Å². The topological polar surface area (TPSA) is 102 Å². The predicted octanol–water partition coefficient (Wildman–Crippen LogP) is 1.07. The highest BCUT2D eigenvalue weighted by Crippen LogP contribution is 2.27. The number of hydrogen-bond donors (Lipinski definition) is 2. The van der Waals surface area contributed by atoms with E-state index in [1.54, 1.807) is 6.92 Å². The van der Waals surface area contributed by atoms with Crippen molar-refractivity contribution in [2.24, 2.45) is 0 Å². The van der Waals surface area contributed by atoms with Crippen molar-refractivity contribution >= 4 is 33.5 Å². The van der Waals surface area contributed by atoms with Gasteiger partial charge in [0.15, 0.2) is 6.61 Å². The lowest BCUT2D eigenvalue weighted by Gasteiger charge is -2.10. The first-order valence-electron chi connectivity index (χ1n) is 7.09. The van der Waals surface area contributed by atoms with Crippen LogP contribution in [0.1, 0.15) is 30.1 Å². The van der Waals surface area contributed by atoms with Gasteiger partial charge in [0, 0.05) is 12.6 Å². The molecule has 0 saturated heterocycles. The molecule has 2 rings (SSSR count). The molecule has 1 aromatic rings. The first-order valence-corrected chi connectivity index (χ1v) is 8.95. The smallest absolute Gasteiger partial charge is 0.338 e. The van der Waals surface area contributed by atoms with E-state index in [0.717, 1.165) is 18.9 Å². The van der Waals surface area contributed by atoms with Crippen molar-refractivity contribution in [3.05, 3.63) is 28.8 Å². The van der Waals surface area contributed by atoms with E-state index in [1.165, 1.54) is 12.1 Å². The van der Waals surface area contributed by atoms with Crippen LogP contribution in [0.3, 0.4) is 0 Å². The molecule has 0 unspecified atom stereocenters. The summed E-state index contributed by atoms with van der Waals surface area (Å²) in [5.41, 5.74) is 0.00914. The van der Waals surface area contributed by atoms with Gasteiger partial charge in [0.1, 0.15) is 4.90 Å². The molecule has 0 heterocycles. The fourth-order valence-corrected chi connectivity index (χ4v) is 3.61. The molecule has 0 spiro atoms. The zero-order valence-corrected chi connectivity index (χ0v) is 14.0. The number of hydrogen-bond acceptors (Lipinski definition) is 5. The molecule has 1 aliphatic rings. The van der Waals surface area contributed by atoms with Crippen molar-refractivity contribution in [3.63, 3.8) is 0 Å². The highest BCUT2D eigenvalue weighted by Gasteiger charge is 2.29. The summed E-state index contributed by atoms with van der Waals surface area (Å²) in [6.07, 6.45) is 1.57. The van der Waals surface area contributed by atoms with Crippen molar-refractivity contribution in [1.29, 1.82) is 0 Å². The summed E-state index contributed by atoms with van der Waals surface area (Å²) in [5.74, 6) is -1.23. The molecule has 0 bridgehead atoms. The van der Waals surface area contributed by atoms with Crippen molar-refractivity contribution in [1.82, 2.24) is 10.0 Å². The highest BCUT2D eigenvalue weighted by atomic mass is 35.5. The highest BCUT2D eigenvalue weighted by molar-refractivity contribution is 7.89. The minimum atomic E-state index is -3.79. The van der Waals surface area contributed by atoms with Crippen LogP contribution < -0.4 is 10.0 Å². The van der Waals surface area contributed by atoms with E-state index < -0.39 is 28.5 Å². The Kier molecular flexibility index (Phi) is 5.61. The average Bonchev–Trinajstić information content (AvgIpc) is 3.28. The number of sulfonamides is 1. The molecule has 1 aromatic carbocycles. The fourth-order valence-electron chi connectivity index (χ4n) is 1.78. The lowest BCUT2D eigenvalue weighted by Crippen LogP contribution is -2.28. The number of ether oxygens (including phenoxy) is 1. The number of carbonyl (C=O) groups excluding carboxylic acids is 2. The number of nitrogens with one attached hydrogen (secondary N) is 2. The average molecular weight is 361 g/mol. The van der Waals surface area contributed by atoms with Crippen LogP contribution in [0, 0.1) is 0 Å². The second-order valence-corrected chi connectivity index (χ2v) is 7.16. The molecule has 1 saturated carbocycles. The van der Waals surface area contributed by atoms with Crippen molar-refractivity contribution in [3.8, 4) is 0 Å². The van der Waals surface area contributed by atoms with Gasteiger partial charge in [-0.1, -0.05) is 11.6 Å². The Morgan fingerprint density at radius 2 is 2.04 bits per heavy atom. The molecule has 9 heteroatoms. The summed E-state index contributed by atoms with van der Waals surface area (Å²) in [7, 11) is -3.79. The Balaban J connectivity index is 2.12. The number of halogens is 1. The van der Waals surface area contributed by atoms with E-state index in [2.05, 4.69) is 10.0 Å². The first-order chi connectivity index (χ1) is 10.8. The Morgan fingerprint density at radius 1 is 1.35 bits per heavy atom. The molecule has 1 fully saturated rings. The lowest BCUT2D eigenvalue weighted by molar-refractivity contribution is -0.124. The molecule has 126 valence electrons. The number of rotatable bonds is 7. The van der Waals surface area contributed by atoms with E-state index in [-0.39, 0.29) is 21.5 Å². The molecule has 7 nitrogen and oxygen atoms in total. The Labute approximate surface area is 139 Å². The second kappa shape index (κ2) is 7.29. The molecule has 1 amide bonds. The van der Waals surface area contributed by atoms with Crippen LogP contribution >= 0.6 is 11.6 Å². The van der Waals surface area contributed by atoms with Crippen LogP contribution in [-0.2, 0) is 19.6 Å². The quantitative estimate of drug-likeness (QED) is 0.708. The maximum absolute atomic E-state index is 12.2. The maximum Gasteiger partial charge on any atom is 0.338 e. The standard InChI is InChI=1S/C14H17ClN2O5S/c1-2-16-13(18)8-22-14(19)9-3-6-11(15)12(7-9)23(20,21)17-10-4-5-10/h3,6-7,10,17H,2,4-5,8H2,1H3,(H,16,18). The van der Waals surface area contributed by atoms with E-state index in [0.29, 0.717) is 6.54 Å². The van der Waals surface area contributed by atoms with Crippen LogP contribution in [0.4, 0.5) is 0 Å². The van der Waals surface area contributed by atoms with Gasteiger partial charge < -0.3 is 10.1 Å². The van der Waals surface area contributed by atoms with Gasteiger partial charge in [0.2, 0.25) is 10.0 Å². The van der Waals surface area contributed by atoms with Crippen LogP contribution in [0.5, 0.6) is 0 Å². The van der Waals surface area contributed by atoms with Gasteiger partial charge in [-0.25, -0.2) is 17.9 Å². The summed E-state index contributed by atoms with van der Waals surface area (Å²) < 4.78 is 31.8. The molecular formula is C14H17ClN2O5S. The maximum atomic E-state index is 12.2. The van der Waals surface area contributed by atoms with Crippen LogP contribution in [0.15, 0.2) is 23.1 Å². The van der Waals surface area contributed by atoms with Crippen LogP contribution in [0.25, 0.3) is 0 Å². The Hall–Kier alpha value is -1.64. The monoisotopic (exact) mass is 360 g/mol. The third-order valence-electron chi connectivity index (χ3n) is 3.06. The summed E-state index contributed by atoms with van der Waals surface area (Å²) in [4.78, 5) is 23.0. The largest absolute Gasteiger partial charge is 0.452 e. The summed E-state index contributed by atoms with van der Waals surface area (Å²) in [5, 5.41) is 2.49. The molecule has 1 aliphatic carbocycles. The normalized spacial score (nSPS) is 14.3. The zero-order valence-electron chi connectivity index (χ0n) is 12.5. The van der Waals surface area contributed by atoms with Crippen molar-refractivity contribution in [2.75, 3.05) is 13.2 Å². The van der Waals surface area contributed by atoms with Crippen LogP contribution in [-0.4, -0.2) is 39.5 Å². The number of benzene rings is 1. The Bertz CT molecular complexity index is 716. The first kappa shape index (κ1) is 17.7.